The molecule has 0 unspecified atom stereocenters. The maximum Gasteiger partial charge on any atom is 0.239 e. The van der Waals surface area contributed by atoms with Gasteiger partial charge in [0.15, 0.2) is 5.82 Å². The normalized spacial score (nSPS) is 13.5. The second-order valence-electron chi connectivity index (χ2n) is 6.04. The predicted molar refractivity (Wildman–Crippen MR) is 100 cm³/mol. The van der Waals surface area contributed by atoms with E-state index in [9.17, 15) is 9.59 Å². The maximum atomic E-state index is 12.2. The first-order valence-corrected chi connectivity index (χ1v) is 9.43. The van der Waals surface area contributed by atoms with E-state index in [1.54, 1.807) is 19.2 Å². The maximum absolute atomic E-state index is 12.2. The van der Waals surface area contributed by atoms with Gasteiger partial charge in [-0.25, -0.2) is 4.68 Å². The monoisotopic (exact) mass is 394 g/mol. The van der Waals surface area contributed by atoms with Crippen molar-refractivity contribution < 1.29 is 9.59 Å². The van der Waals surface area contributed by atoms with Crippen LogP contribution < -0.4 is 11.2 Å². The first kappa shape index (κ1) is 18.5. The van der Waals surface area contributed by atoms with Crippen LogP contribution in [0.3, 0.4) is 0 Å². The first-order valence-electron chi connectivity index (χ1n) is 8.07. The van der Waals surface area contributed by atoms with Gasteiger partial charge in [0.05, 0.1) is 17.3 Å². The molecule has 138 valence electrons. The molecule has 1 fully saturated rings. The summed E-state index contributed by atoms with van der Waals surface area (Å²) in [6.45, 7) is 0.0378. The van der Waals surface area contributed by atoms with Crippen LogP contribution in [-0.2, 0) is 9.59 Å². The van der Waals surface area contributed by atoms with Crippen LogP contribution in [-0.4, -0.2) is 57.0 Å². The van der Waals surface area contributed by atoms with Crippen LogP contribution in [0.1, 0.15) is 12.8 Å². The van der Waals surface area contributed by atoms with Crippen molar-refractivity contribution in [3.63, 3.8) is 0 Å². The highest BCUT2D eigenvalue weighted by atomic mass is 35.5. The first-order chi connectivity index (χ1) is 12.5. The Kier molecular flexibility index (Phi) is 5.67. The zero-order valence-electron chi connectivity index (χ0n) is 14.2. The predicted octanol–water partition coefficient (Wildman–Crippen LogP) is 1.14. The largest absolute Gasteiger partial charge is 0.352 e. The second kappa shape index (κ2) is 7.96. The number of rotatable bonds is 7. The van der Waals surface area contributed by atoms with E-state index in [1.165, 1.54) is 9.58 Å². The van der Waals surface area contributed by atoms with Crippen LogP contribution in [0.25, 0.3) is 11.4 Å². The highest BCUT2D eigenvalue weighted by Crippen LogP contribution is 2.27. The van der Waals surface area contributed by atoms with Crippen molar-refractivity contribution in [1.82, 2.24) is 25.1 Å². The minimum atomic E-state index is -0.191. The smallest absolute Gasteiger partial charge is 0.239 e. The molecule has 0 aliphatic heterocycles. The SMILES string of the molecule is CN(CC(=O)NC1CC1)C(=O)CSc1nnc(-c2ccccc2Cl)n1N. The summed E-state index contributed by atoms with van der Waals surface area (Å²) in [5.74, 6) is 6.22. The molecule has 3 rings (SSSR count). The number of halogens is 1. The second-order valence-corrected chi connectivity index (χ2v) is 7.39. The Morgan fingerprint density at radius 1 is 1.38 bits per heavy atom. The summed E-state index contributed by atoms with van der Waals surface area (Å²) >= 11 is 7.31. The Bertz CT molecular complexity index is 823. The van der Waals surface area contributed by atoms with Crippen molar-refractivity contribution in [2.45, 2.75) is 24.0 Å². The molecule has 26 heavy (non-hydrogen) atoms. The Hall–Kier alpha value is -2.26. The minimum absolute atomic E-state index is 0.0378. The molecule has 1 aliphatic rings. The number of aromatic nitrogens is 3. The fraction of sp³-hybridized carbons (Fsp3) is 0.375. The van der Waals surface area contributed by atoms with Gasteiger partial charge in [0, 0.05) is 18.7 Å². The van der Waals surface area contributed by atoms with Gasteiger partial charge in [-0.15, -0.1) is 10.2 Å². The summed E-state index contributed by atoms with van der Waals surface area (Å²) in [6, 6.07) is 7.45. The Balaban J connectivity index is 1.57. The number of hydrogen-bond donors (Lipinski definition) is 2. The van der Waals surface area contributed by atoms with Crippen LogP contribution >= 0.6 is 23.4 Å². The molecule has 0 saturated heterocycles. The van der Waals surface area contributed by atoms with Crippen molar-refractivity contribution in [2.75, 3.05) is 25.2 Å². The molecule has 10 heteroatoms. The number of carbonyl (C=O) groups excluding carboxylic acids is 2. The van der Waals surface area contributed by atoms with E-state index < -0.39 is 0 Å². The van der Waals surface area contributed by atoms with Gasteiger partial charge in [-0.3, -0.25) is 9.59 Å². The number of nitrogens with two attached hydrogens (primary N) is 1. The molecule has 2 aromatic rings. The van der Waals surface area contributed by atoms with Crippen LogP contribution in [0.5, 0.6) is 0 Å². The number of hydrogen-bond acceptors (Lipinski definition) is 6. The van der Waals surface area contributed by atoms with Gasteiger partial charge in [0.25, 0.3) is 0 Å². The molecule has 1 heterocycles. The van der Waals surface area contributed by atoms with Crippen LogP contribution in [0, 0.1) is 0 Å². The third kappa shape index (κ3) is 4.47. The quantitative estimate of drug-likeness (QED) is 0.538. The topological polar surface area (TPSA) is 106 Å². The number of carbonyl (C=O) groups is 2. The fourth-order valence-corrected chi connectivity index (χ4v) is 3.26. The summed E-state index contributed by atoms with van der Waals surface area (Å²) < 4.78 is 1.30. The van der Waals surface area contributed by atoms with Crippen LogP contribution in [0.15, 0.2) is 29.4 Å². The fourth-order valence-electron chi connectivity index (χ4n) is 2.24. The molecule has 1 saturated carbocycles. The Labute approximate surface area is 160 Å². The van der Waals surface area contributed by atoms with E-state index in [2.05, 4.69) is 15.5 Å². The molecule has 0 atom stereocenters. The van der Waals surface area contributed by atoms with Gasteiger partial charge < -0.3 is 16.1 Å². The van der Waals surface area contributed by atoms with Crippen molar-refractivity contribution >= 4 is 35.2 Å². The molecule has 1 aliphatic carbocycles. The molecule has 1 aromatic heterocycles. The van der Waals surface area contributed by atoms with Crippen molar-refractivity contribution in [2.24, 2.45) is 0 Å². The molecule has 8 nitrogen and oxygen atoms in total. The van der Waals surface area contributed by atoms with E-state index in [-0.39, 0.29) is 30.2 Å². The molecule has 3 N–H and O–H groups in total. The molecule has 0 radical (unpaired) electrons. The zero-order chi connectivity index (χ0) is 18.7. The van der Waals surface area contributed by atoms with E-state index in [4.69, 9.17) is 17.4 Å². The van der Waals surface area contributed by atoms with E-state index in [0.717, 1.165) is 24.6 Å². The van der Waals surface area contributed by atoms with Crippen LogP contribution in [0.2, 0.25) is 5.02 Å². The lowest BCUT2D eigenvalue weighted by Crippen LogP contribution is -2.39. The van der Waals surface area contributed by atoms with Crippen LogP contribution in [0.4, 0.5) is 0 Å². The molecule has 1 aromatic carbocycles. The lowest BCUT2D eigenvalue weighted by Gasteiger charge is -2.16. The van der Waals surface area contributed by atoms with E-state index >= 15 is 0 Å². The van der Waals surface area contributed by atoms with Crippen molar-refractivity contribution in [3.05, 3.63) is 29.3 Å². The van der Waals surface area contributed by atoms with E-state index in [0.29, 0.717) is 21.6 Å². The molecular formula is C16H19ClN6O2S. The van der Waals surface area contributed by atoms with Gasteiger partial charge in [-0.2, -0.15) is 0 Å². The van der Waals surface area contributed by atoms with Gasteiger partial charge in [-0.1, -0.05) is 35.5 Å². The lowest BCUT2D eigenvalue weighted by molar-refractivity contribution is -0.132. The number of benzene rings is 1. The Morgan fingerprint density at radius 2 is 2.12 bits per heavy atom. The Morgan fingerprint density at radius 3 is 2.81 bits per heavy atom. The summed E-state index contributed by atoms with van der Waals surface area (Å²) in [5.41, 5.74) is 0.663. The average molecular weight is 395 g/mol. The number of nitrogens with one attached hydrogen (secondary N) is 1. The highest BCUT2D eigenvalue weighted by Gasteiger charge is 2.24. The van der Waals surface area contributed by atoms with Crippen molar-refractivity contribution in [1.29, 1.82) is 0 Å². The standard InChI is InChI=1S/C16H19ClN6O2S/c1-22(8-13(24)19-10-6-7-10)14(25)9-26-16-21-20-15(23(16)18)11-4-2-3-5-12(11)17/h2-5,10H,6-9,18H2,1H3,(H,19,24). The third-order valence-electron chi connectivity index (χ3n) is 3.85. The van der Waals surface area contributed by atoms with Gasteiger partial charge in [0.1, 0.15) is 0 Å². The number of nitrogen functional groups attached to an aromatic ring is 1. The van der Waals surface area contributed by atoms with Gasteiger partial charge >= 0.3 is 0 Å². The number of nitrogens with zero attached hydrogens (tertiary/aromatic N) is 4. The average Bonchev–Trinajstić information content (AvgIpc) is 3.34. The zero-order valence-corrected chi connectivity index (χ0v) is 15.8. The van der Waals surface area contributed by atoms with Gasteiger partial charge in [-0.05, 0) is 25.0 Å². The number of thioether (sulfide) groups is 1. The highest BCUT2D eigenvalue weighted by molar-refractivity contribution is 7.99. The summed E-state index contributed by atoms with van der Waals surface area (Å²) in [5, 5.41) is 11.8. The number of likely N-dealkylation sites (N-methyl/N-ethyl adjacent to an activating group) is 1. The summed E-state index contributed by atoms with van der Waals surface area (Å²) in [7, 11) is 1.59. The molecule has 2 amide bonds. The van der Waals surface area contributed by atoms with E-state index in [1.807, 2.05) is 12.1 Å². The minimum Gasteiger partial charge on any atom is -0.352 e. The third-order valence-corrected chi connectivity index (χ3v) is 5.11. The molecule has 0 bridgehead atoms. The summed E-state index contributed by atoms with van der Waals surface area (Å²) in [6.07, 6.45) is 2.03. The molecular weight excluding hydrogens is 376 g/mol. The molecule has 0 spiro atoms. The summed E-state index contributed by atoms with van der Waals surface area (Å²) in [4.78, 5) is 25.3. The van der Waals surface area contributed by atoms with Gasteiger partial charge in [0.2, 0.25) is 17.0 Å². The lowest BCUT2D eigenvalue weighted by atomic mass is 10.2. The number of amides is 2. The van der Waals surface area contributed by atoms with Crippen molar-refractivity contribution in [3.8, 4) is 11.4 Å².